The molecule has 1 fully saturated rings. The summed E-state index contributed by atoms with van der Waals surface area (Å²) in [6.07, 6.45) is -5.04. The lowest BCUT2D eigenvalue weighted by atomic mass is 9.99. The molecular formula is C22H21FO7. The Bertz CT molecular complexity index is 902. The molecule has 1 saturated heterocycles. The first-order chi connectivity index (χ1) is 14.3. The van der Waals surface area contributed by atoms with Crippen molar-refractivity contribution in [3.05, 3.63) is 71.8 Å². The molecule has 0 spiro atoms. The predicted octanol–water partition coefficient (Wildman–Crippen LogP) is 3.09. The van der Waals surface area contributed by atoms with E-state index in [1.165, 1.54) is 19.1 Å². The minimum absolute atomic E-state index is 0.212. The summed E-state index contributed by atoms with van der Waals surface area (Å²) in [4.78, 5) is 36.0. The van der Waals surface area contributed by atoms with Gasteiger partial charge in [0.15, 0.2) is 6.10 Å². The van der Waals surface area contributed by atoms with Gasteiger partial charge in [-0.05, 0) is 31.2 Å². The molecule has 30 heavy (non-hydrogen) atoms. The van der Waals surface area contributed by atoms with Crippen molar-refractivity contribution in [2.24, 2.45) is 0 Å². The van der Waals surface area contributed by atoms with Crippen molar-refractivity contribution in [3.63, 3.8) is 0 Å². The zero-order valence-electron chi connectivity index (χ0n) is 16.4. The van der Waals surface area contributed by atoms with Gasteiger partial charge in [0, 0.05) is 6.92 Å². The maximum absolute atomic E-state index is 15.0. The molecule has 0 aliphatic carbocycles. The Kier molecular flexibility index (Phi) is 6.47. The van der Waals surface area contributed by atoms with Crippen molar-refractivity contribution in [1.29, 1.82) is 0 Å². The fourth-order valence-corrected chi connectivity index (χ4v) is 3.06. The minimum Gasteiger partial charge on any atom is -0.459 e. The highest BCUT2D eigenvalue weighted by atomic mass is 19.1. The first kappa shape index (κ1) is 21.4. The summed E-state index contributed by atoms with van der Waals surface area (Å²) in [5, 5.41) is 0. The third-order valence-electron chi connectivity index (χ3n) is 4.56. The summed E-state index contributed by atoms with van der Waals surface area (Å²) >= 11 is 0. The van der Waals surface area contributed by atoms with E-state index < -0.39 is 48.7 Å². The lowest BCUT2D eigenvalue weighted by molar-refractivity contribution is -0.197. The number of benzene rings is 2. The Hall–Kier alpha value is -3.26. The molecule has 0 aromatic heterocycles. The molecule has 0 N–H and O–H groups in total. The second-order valence-corrected chi connectivity index (χ2v) is 6.99. The van der Waals surface area contributed by atoms with Crippen molar-refractivity contribution in [3.8, 4) is 0 Å². The first-order valence-corrected chi connectivity index (χ1v) is 9.27. The number of ether oxygens (including phenoxy) is 4. The molecule has 1 aliphatic heterocycles. The quantitative estimate of drug-likeness (QED) is 0.528. The molecule has 7 nitrogen and oxygen atoms in total. The van der Waals surface area contributed by atoms with Crippen molar-refractivity contribution in [2.75, 3.05) is 6.61 Å². The van der Waals surface area contributed by atoms with Crippen LogP contribution in [0.4, 0.5) is 4.39 Å². The van der Waals surface area contributed by atoms with Crippen LogP contribution in [-0.2, 0) is 23.7 Å². The van der Waals surface area contributed by atoms with Crippen molar-refractivity contribution in [1.82, 2.24) is 0 Å². The van der Waals surface area contributed by atoms with Crippen LogP contribution in [0.25, 0.3) is 0 Å². The molecule has 0 bridgehead atoms. The summed E-state index contributed by atoms with van der Waals surface area (Å²) in [6.45, 7) is 2.10. The topological polar surface area (TPSA) is 88.1 Å². The van der Waals surface area contributed by atoms with E-state index in [4.69, 9.17) is 18.9 Å². The van der Waals surface area contributed by atoms with E-state index in [9.17, 15) is 14.4 Å². The van der Waals surface area contributed by atoms with Crippen LogP contribution in [-0.4, -0.2) is 48.7 Å². The molecule has 158 valence electrons. The smallest absolute Gasteiger partial charge is 0.338 e. The van der Waals surface area contributed by atoms with Crippen LogP contribution in [0.15, 0.2) is 60.7 Å². The largest absolute Gasteiger partial charge is 0.459 e. The number of esters is 3. The fourth-order valence-electron chi connectivity index (χ4n) is 3.06. The number of hydrogen-bond donors (Lipinski definition) is 0. The van der Waals surface area contributed by atoms with Crippen LogP contribution < -0.4 is 0 Å². The highest BCUT2D eigenvalue weighted by Crippen LogP contribution is 2.37. The Morgan fingerprint density at radius 1 is 0.933 bits per heavy atom. The third-order valence-corrected chi connectivity index (χ3v) is 4.56. The fraction of sp³-hybridized carbons (Fsp3) is 0.318. The van der Waals surface area contributed by atoms with Gasteiger partial charge >= 0.3 is 17.9 Å². The molecule has 2 aromatic carbocycles. The Morgan fingerprint density at radius 2 is 1.47 bits per heavy atom. The first-order valence-electron chi connectivity index (χ1n) is 9.27. The number of carbonyl (C=O) groups is 3. The van der Waals surface area contributed by atoms with Gasteiger partial charge in [-0.25, -0.2) is 14.0 Å². The van der Waals surface area contributed by atoms with Crippen LogP contribution in [0.3, 0.4) is 0 Å². The Morgan fingerprint density at radius 3 is 2.00 bits per heavy atom. The Balaban J connectivity index is 1.77. The number of carbonyl (C=O) groups excluding carboxylic acids is 3. The van der Waals surface area contributed by atoms with Crippen LogP contribution in [0.2, 0.25) is 0 Å². The van der Waals surface area contributed by atoms with Crippen molar-refractivity contribution < 1.29 is 37.7 Å². The van der Waals surface area contributed by atoms with E-state index in [0.717, 1.165) is 6.92 Å². The normalized spacial score (nSPS) is 25.4. The standard InChI is InChI=1S/C22H21FO7/c1-14(24)28-21-17(23)18(29-20(26)16-11-7-4-8-12-16)22(2,30-21)13-27-19(25)15-9-5-3-6-10-15/h3-12,17-18,21H,13H2,1-2H3/t17-,18-,21?,22+/m0/s1. The average Bonchev–Trinajstić information content (AvgIpc) is 2.97. The molecule has 2 aromatic rings. The molecule has 8 heteroatoms. The van der Waals surface area contributed by atoms with E-state index >= 15 is 4.39 Å². The molecule has 0 amide bonds. The minimum atomic E-state index is -1.97. The van der Waals surface area contributed by atoms with Crippen LogP contribution in [0, 0.1) is 0 Å². The molecule has 3 rings (SSSR count). The van der Waals surface area contributed by atoms with Crippen LogP contribution in [0.1, 0.15) is 34.6 Å². The van der Waals surface area contributed by atoms with Gasteiger partial charge < -0.3 is 18.9 Å². The molecule has 0 saturated carbocycles. The van der Waals surface area contributed by atoms with E-state index in [1.54, 1.807) is 48.5 Å². The van der Waals surface area contributed by atoms with E-state index in [1.807, 2.05) is 0 Å². The van der Waals surface area contributed by atoms with Gasteiger partial charge in [-0.2, -0.15) is 0 Å². The van der Waals surface area contributed by atoms with Crippen LogP contribution in [0.5, 0.6) is 0 Å². The second-order valence-electron chi connectivity index (χ2n) is 6.99. The zero-order valence-corrected chi connectivity index (χ0v) is 16.4. The predicted molar refractivity (Wildman–Crippen MR) is 102 cm³/mol. The molecule has 1 unspecified atom stereocenters. The van der Waals surface area contributed by atoms with Gasteiger partial charge in [-0.15, -0.1) is 0 Å². The molecular weight excluding hydrogens is 395 g/mol. The average molecular weight is 416 g/mol. The summed E-state index contributed by atoms with van der Waals surface area (Å²) in [5.41, 5.74) is -1.07. The summed E-state index contributed by atoms with van der Waals surface area (Å²) < 4.78 is 36.0. The summed E-state index contributed by atoms with van der Waals surface area (Å²) in [6, 6.07) is 16.2. The van der Waals surface area contributed by atoms with Gasteiger partial charge in [0.25, 0.3) is 0 Å². The van der Waals surface area contributed by atoms with Crippen molar-refractivity contribution >= 4 is 17.9 Å². The number of halogens is 1. The van der Waals surface area contributed by atoms with Gasteiger partial charge in [-0.1, -0.05) is 36.4 Å². The zero-order chi connectivity index (χ0) is 21.7. The maximum atomic E-state index is 15.0. The van der Waals surface area contributed by atoms with Gasteiger partial charge in [0.05, 0.1) is 11.1 Å². The summed E-state index contributed by atoms with van der Waals surface area (Å²) in [7, 11) is 0. The SMILES string of the molecule is CC(=O)OC1O[C@](C)(COC(=O)c2ccccc2)[C@@H](OC(=O)c2ccccc2)[C@@H]1F. The number of alkyl halides is 1. The lowest BCUT2D eigenvalue weighted by Gasteiger charge is -2.29. The second kappa shape index (κ2) is 9.04. The molecule has 4 atom stereocenters. The highest BCUT2D eigenvalue weighted by Gasteiger charge is 2.58. The van der Waals surface area contributed by atoms with E-state index in [2.05, 4.69) is 0 Å². The van der Waals surface area contributed by atoms with E-state index in [0.29, 0.717) is 5.56 Å². The van der Waals surface area contributed by atoms with E-state index in [-0.39, 0.29) is 5.56 Å². The lowest BCUT2D eigenvalue weighted by Crippen LogP contribution is -2.46. The van der Waals surface area contributed by atoms with Gasteiger partial charge in [-0.3, -0.25) is 4.79 Å². The molecule has 0 radical (unpaired) electrons. The monoisotopic (exact) mass is 416 g/mol. The van der Waals surface area contributed by atoms with Crippen LogP contribution >= 0.6 is 0 Å². The number of rotatable bonds is 6. The van der Waals surface area contributed by atoms with Gasteiger partial charge in [0.2, 0.25) is 12.5 Å². The summed E-state index contributed by atoms with van der Waals surface area (Å²) in [5.74, 6) is -2.20. The Labute approximate surface area is 172 Å². The highest BCUT2D eigenvalue weighted by molar-refractivity contribution is 5.90. The number of hydrogen-bond acceptors (Lipinski definition) is 7. The third kappa shape index (κ3) is 4.83. The molecule has 1 aliphatic rings. The van der Waals surface area contributed by atoms with Gasteiger partial charge in [0.1, 0.15) is 12.2 Å². The maximum Gasteiger partial charge on any atom is 0.338 e. The molecule has 1 heterocycles. The van der Waals surface area contributed by atoms with Crippen molar-refractivity contribution in [2.45, 2.75) is 38.0 Å².